The van der Waals surface area contributed by atoms with Gasteiger partial charge < -0.3 is 32.2 Å². The molecule has 0 saturated carbocycles. The van der Waals surface area contributed by atoms with E-state index in [2.05, 4.69) is 17.2 Å². The molecule has 0 atom stereocenters. The Kier molecular flexibility index (Phi) is 13.2. The third-order valence-electron chi connectivity index (χ3n) is 3.77. The molecule has 1 amide bonds. The lowest BCUT2D eigenvalue weighted by molar-refractivity contribution is 0.0483. The summed E-state index contributed by atoms with van der Waals surface area (Å²) >= 11 is 0. The predicted octanol–water partition coefficient (Wildman–Crippen LogP) is 2.70. The van der Waals surface area contributed by atoms with Gasteiger partial charge in [-0.05, 0) is 39.0 Å². The average molecular weight is 387 g/mol. The monoisotopic (exact) mass is 386 g/mol. The fourth-order valence-corrected chi connectivity index (χ4v) is 2.29. The second-order valence-electron chi connectivity index (χ2n) is 7.21. The molecule has 0 aromatic rings. The Bertz CT molecular complexity index is 475. The molecular weight excluding hydrogens is 344 g/mol. The van der Waals surface area contributed by atoms with E-state index in [1.807, 2.05) is 53.4 Å². The Morgan fingerprint density at radius 3 is 2.07 bits per heavy atom. The summed E-state index contributed by atoms with van der Waals surface area (Å²) in [5.74, 6) is 0.564. The van der Waals surface area contributed by atoms with Gasteiger partial charge in [0.2, 0.25) is 0 Å². The largest absolute Gasteiger partial charge is 0.444 e. The molecule has 0 spiro atoms. The minimum absolute atomic E-state index is 0.00291. The molecule has 0 aromatic heterocycles. The molecule has 0 aromatic carbocycles. The number of ether oxygens (including phenoxy) is 1. The van der Waals surface area contributed by atoms with E-state index in [1.54, 1.807) is 0 Å². The predicted molar refractivity (Wildman–Crippen MR) is 114 cm³/mol. The number of piperidine rings is 1. The fourth-order valence-electron chi connectivity index (χ4n) is 2.29. The van der Waals surface area contributed by atoms with E-state index in [1.165, 1.54) is 6.20 Å². The third-order valence-corrected chi connectivity index (χ3v) is 3.77. The summed E-state index contributed by atoms with van der Waals surface area (Å²) in [6.45, 7) is 17.7. The molecule has 1 fully saturated rings. The minimum atomic E-state index is -0.490. The van der Waals surface area contributed by atoms with Gasteiger partial charge in [0.15, 0.2) is 5.96 Å². The van der Waals surface area contributed by atoms with E-state index in [4.69, 9.17) is 21.9 Å². The van der Waals surface area contributed by atoms with E-state index < -0.39 is 5.60 Å². The SMILES string of the molecule is CC.CC.CC1(CNC(=O)OC(C)(C)C)CCN(/C(N)=N/C(N)=C\N)CC1. The van der Waals surface area contributed by atoms with Gasteiger partial charge in [-0.3, -0.25) is 0 Å². The van der Waals surface area contributed by atoms with Crippen LogP contribution >= 0.6 is 0 Å². The van der Waals surface area contributed by atoms with Crippen molar-refractivity contribution in [2.24, 2.45) is 27.6 Å². The minimum Gasteiger partial charge on any atom is -0.444 e. The number of guanidine groups is 1. The normalized spacial score (nSPS) is 17.0. The van der Waals surface area contributed by atoms with E-state index in [0.29, 0.717) is 12.5 Å². The number of carbonyl (C=O) groups excluding carboxylic acids is 1. The highest BCUT2D eigenvalue weighted by Crippen LogP contribution is 2.30. The van der Waals surface area contributed by atoms with Gasteiger partial charge in [-0.2, -0.15) is 4.99 Å². The first-order valence-corrected chi connectivity index (χ1v) is 9.78. The molecule has 8 heteroatoms. The topological polar surface area (TPSA) is 132 Å². The molecule has 160 valence electrons. The highest BCUT2D eigenvalue weighted by atomic mass is 16.6. The van der Waals surface area contributed by atoms with Gasteiger partial charge in [0.25, 0.3) is 0 Å². The maximum atomic E-state index is 11.8. The molecule has 1 aliphatic rings. The average Bonchev–Trinajstić information content (AvgIpc) is 2.62. The number of hydrogen-bond donors (Lipinski definition) is 4. The summed E-state index contributed by atoms with van der Waals surface area (Å²) in [5.41, 5.74) is 16.3. The molecule has 1 saturated heterocycles. The lowest BCUT2D eigenvalue weighted by Gasteiger charge is -2.40. The van der Waals surface area contributed by atoms with Crippen LogP contribution in [0.3, 0.4) is 0 Å². The molecule has 1 aliphatic heterocycles. The summed E-state index contributed by atoms with van der Waals surface area (Å²) in [4.78, 5) is 17.7. The number of aliphatic imine (C=N–C) groups is 1. The van der Waals surface area contributed by atoms with Crippen LogP contribution in [0.2, 0.25) is 0 Å². The van der Waals surface area contributed by atoms with E-state index >= 15 is 0 Å². The number of hydrogen-bond acceptors (Lipinski definition) is 5. The molecule has 7 N–H and O–H groups in total. The second-order valence-corrected chi connectivity index (χ2v) is 7.21. The van der Waals surface area contributed by atoms with Gasteiger partial charge in [0.05, 0.1) is 0 Å². The van der Waals surface area contributed by atoms with Crippen molar-refractivity contribution in [1.82, 2.24) is 10.2 Å². The van der Waals surface area contributed by atoms with E-state index in [0.717, 1.165) is 25.9 Å². The van der Waals surface area contributed by atoms with Crippen LogP contribution in [-0.4, -0.2) is 42.2 Å². The zero-order valence-electron chi connectivity index (χ0n) is 18.6. The van der Waals surface area contributed by atoms with Crippen molar-refractivity contribution in [2.75, 3.05) is 19.6 Å². The summed E-state index contributed by atoms with van der Waals surface area (Å²) < 4.78 is 5.26. The number of nitrogens with one attached hydrogen (secondary N) is 1. The van der Waals surface area contributed by atoms with Crippen molar-refractivity contribution in [2.45, 2.75) is 73.8 Å². The molecule has 1 rings (SSSR count). The molecular formula is C19H42N6O2. The van der Waals surface area contributed by atoms with Gasteiger partial charge in [0, 0.05) is 25.8 Å². The number of nitrogens with zero attached hydrogens (tertiary/aromatic N) is 2. The first kappa shape index (κ1) is 27.1. The van der Waals surface area contributed by atoms with Crippen molar-refractivity contribution >= 4 is 12.1 Å². The Balaban J connectivity index is 0. The zero-order chi connectivity index (χ0) is 21.7. The molecule has 27 heavy (non-hydrogen) atoms. The number of rotatable bonds is 3. The summed E-state index contributed by atoms with van der Waals surface area (Å²) in [7, 11) is 0. The summed E-state index contributed by atoms with van der Waals surface area (Å²) in [6, 6.07) is 0. The van der Waals surface area contributed by atoms with Crippen LogP contribution in [0.5, 0.6) is 0 Å². The lowest BCUT2D eigenvalue weighted by atomic mass is 9.80. The maximum Gasteiger partial charge on any atom is 0.407 e. The van der Waals surface area contributed by atoms with Crippen LogP contribution in [0.1, 0.15) is 68.2 Å². The van der Waals surface area contributed by atoms with Crippen molar-refractivity contribution in [3.05, 3.63) is 12.0 Å². The van der Waals surface area contributed by atoms with Gasteiger partial charge in [0.1, 0.15) is 11.4 Å². The zero-order valence-corrected chi connectivity index (χ0v) is 18.6. The van der Waals surface area contributed by atoms with Crippen molar-refractivity contribution in [3.63, 3.8) is 0 Å². The van der Waals surface area contributed by atoms with Crippen LogP contribution in [0, 0.1) is 5.41 Å². The van der Waals surface area contributed by atoms with Crippen LogP contribution in [0.25, 0.3) is 0 Å². The molecule has 8 nitrogen and oxygen atoms in total. The Hall–Kier alpha value is -2.12. The highest BCUT2D eigenvalue weighted by molar-refractivity contribution is 5.79. The third kappa shape index (κ3) is 12.0. The van der Waals surface area contributed by atoms with Crippen molar-refractivity contribution in [3.8, 4) is 0 Å². The second kappa shape index (κ2) is 13.1. The quantitative estimate of drug-likeness (QED) is 0.435. The van der Waals surface area contributed by atoms with Crippen molar-refractivity contribution in [1.29, 1.82) is 0 Å². The molecule has 0 radical (unpaired) electrons. The summed E-state index contributed by atoms with van der Waals surface area (Å²) in [6.07, 6.45) is 2.59. The molecule has 0 bridgehead atoms. The summed E-state index contributed by atoms with van der Waals surface area (Å²) in [5, 5.41) is 2.85. The molecule has 0 unspecified atom stereocenters. The van der Waals surface area contributed by atoms with Gasteiger partial charge in [-0.1, -0.05) is 34.6 Å². The van der Waals surface area contributed by atoms with E-state index in [9.17, 15) is 4.79 Å². The number of alkyl carbamates (subject to hydrolysis) is 1. The van der Waals surface area contributed by atoms with Crippen LogP contribution in [-0.2, 0) is 4.74 Å². The number of likely N-dealkylation sites (tertiary alicyclic amines) is 1. The Morgan fingerprint density at radius 1 is 1.19 bits per heavy atom. The first-order chi connectivity index (χ1) is 12.5. The van der Waals surface area contributed by atoms with Crippen LogP contribution in [0.4, 0.5) is 4.79 Å². The fraction of sp³-hybridized carbons (Fsp3) is 0.789. The van der Waals surface area contributed by atoms with Gasteiger partial charge >= 0.3 is 6.09 Å². The Labute approximate surface area is 165 Å². The van der Waals surface area contributed by atoms with Crippen LogP contribution < -0.4 is 22.5 Å². The smallest absolute Gasteiger partial charge is 0.407 e. The number of carbonyl (C=O) groups is 1. The van der Waals surface area contributed by atoms with Crippen molar-refractivity contribution < 1.29 is 9.53 Å². The van der Waals surface area contributed by atoms with Gasteiger partial charge in [-0.15, -0.1) is 0 Å². The number of nitrogens with two attached hydrogens (primary N) is 3. The van der Waals surface area contributed by atoms with Gasteiger partial charge in [-0.25, -0.2) is 4.79 Å². The maximum absolute atomic E-state index is 11.8. The lowest BCUT2D eigenvalue weighted by Crippen LogP contribution is -2.49. The number of amides is 1. The molecule has 0 aliphatic carbocycles. The molecule has 1 heterocycles. The van der Waals surface area contributed by atoms with E-state index in [-0.39, 0.29) is 17.3 Å². The standard InChI is InChI=1S/C15H30N6O2.2C2H6/c1-14(2,3)23-13(22)19-10-15(4)5-7-21(8-6-15)12(18)20-11(17)9-16;2*1-2/h9H,5-8,10,16-17H2,1-4H3,(H2,18,20)(H,19,22);2*1-2H3/b11-9-;;. The Morgan fingerprint density at radius 2 is 1.67 bits per heavy atom. The highest BCUT2D eigenvalue weighted by Gasteiger charge is 2.31. The first-order valence-electron chi connectivity index (χ1n) is 9.78. The van der Waals surface area contributed by atoms with Crippen LogP contribution in [0.15, 0.2) is 17.0 Å².